The van der Waals surface area contributed by atoms with Gasteiger partial charge in [-0.3, -0.25) is 4.79 Å². The van der Waals surface area contributed by atoms with E-state index in [1.165, 1.54) is 0 Å². The van der Waals surface area contributed by atoms with Crippen molar-refractivity contribution < 1.29 is 14.6 Å². The highest BCUT2D eigenvalue weighted by atomic mass is 16.5. The number of aliphatic hydroxyl groups is 1. The first-order valence-corrected chi connectivity index (χ1v) is 6.27. The fourth-order valence-corrected chi connectivity index (χ4v) is 1.56. The van der Waals surface area contributed by atoms with Gasteiger partial charge in [0.1, 0.15) is 6.61 Å². The summed E-state index contributed by atoms with van der Waals surface area (Å²) < 4.78 is 5.34. The summed E-state index contributed by atoms with van der Waals surface area (Å²) in [5.74, 6) is 5.17. The van der Waals surface area contributed by atoms with Crippen molar-refractivity contribution in [2.75, 3.05) is 19.8 Å². The zero-order valence-electron chi connectivity index (χ0n) is 11.3. The van der Waals surface area contributed by atoms with Gasteiger partial charge in [-0.05, 0) is 32.0 Å². The van der Waals surface area contributed by atoms with Crippen LogP contribution in [-0.4, -0.2) is 36.9 Å². The minimum absolute atomic E-state index is 0.00804. The average Bonchev–Trinajstić information content (AvgIpc) is 2.43. The molecule has 1 aromatic carbocycles. The molecule has 19 heavy (non-hydrogen) atoms. The second-order valence-electron chi connectivity index (χ2n) is 4.02. The van der Waals surface area contributed by atoms with E-state index in [-0.39, 0.29) is 18.6 Å². The molecule has 1 unspecified atom stereocenters. The topological polar surface area (TPSA) is 58.6 Å². The molecule has 4 heteroatoms. The molecule has 0 heterocycles. The Balaban J connectivity index is 2.61. The monoisotopic (exact) mass is 261 g/mol. The van der Waals surface area contributed by atoms with Crippen LogP contribution in [0.1, 0.15) is 29.8 Å². The number of rotatable bonds is 5. The van der Waals surface area contributed by atoms with Gasteiger partial charge in [0.05, 0.1) is 6.10 Å². The zero-order valence-corrected chi connectivity index (χ0v) is 11.3. The highest BCUT2D eigenvalue weighted by Crippen LogP contribution is 2.04. The quantitative estimate of drug-likeness (QED) is 0.783. The number of nitrogens with one attached hydrogen (secondary N) is 1. The zero-order chi connectivity index (χ0) is 14.1. The molecule has 2 N–H and O–H groups in total. The summed E-state index contributed by atoms with van der Waals surface area (Å²) in [6, 6.07) is 6.98. The Labute approximate surface area is 113 Å². The lowest BCUT2D eigenvalue weighted by molar-refractivity contribution is 0.0695. The van der Waals surface area contributed by atoms with Gasteiger partial charge in [-0.1, -0.05) is 17.9 Å². The molecule has 1 atom stereocenters. The number of aliphatic hydroxyl groups excluding tert-OH is 1. The van der Waals surface area contributed by atoms with Gasteiger partial charge in [-0.25, -0.2) is 0 Å². The molecule has 0 aliphatic rings. The van der Waals surface area contributed by atoms with E-state index in [1.54, 1.807) is 24.3 Å². The number of carbonyl (C=O) groups excluding carboxylic acids is 1. The van der Waals surface area contributed by atoms with Crippen LogP contribution in [0.25, 0.3) is 0 Å². The third kappa shape index (κ3) is 5.56. The van der Waals surface area contributed by atoms with E-state index in [0.717, 1.165) is 0 Å². The fourth-order valence-electron chi connectivity index (χ4n) is 1.56. The van der Waals surface area contributed by atoms with Crippen molar-refractivity contribution >= 4 is 5.91 Å². The fraction of sp³-hybridized carbons (Fsp3) is 0.400. The highest BCUT2D eigenvalue weighted by Gasteiger charge is 2.07. The highest BCUT2D eigenvalue weighted by molar-refractivity contribution is 5.94. The first-order chi connectivity index (χ1) is 9.17. The van der Waals surface area contributed by atoms with E-state index in [0.29, 0.717) is 24.3 Å². The van der Waals surface area contributed by atoms with Crippen molar-refractivity contribution in [2.24, 2.45) is 0 Å². The van der Waals surface area contributed by atoms with E-state index >= 15 is 0 Å². The SMILES string of the molecule is CCOC(C)CNC(=O)c1cccc(C#CCO)c1. The third-order valence-corrected chi connectivity index (χ3v) is 2.44. The molecule has 0 spiro atoms. The van der Waals surface area contributed by atoms with E-state index in [9.17, 15) is 4.79 Å². The van der Waals surface area contributed by atoms with Crippen LogP contribution >= 0.6 is 0 Å². The Bertz CT molecular complexity index is 474. The first kappa shape index (κ1) is 15.2. The molecular formula is C15H19NO3. The molecule has 0 saturated carbocycles. The van der Waals surface area contributed by atoms with Crippen LogP contribution < -0.4 is 5.32 Å². The number of amides is 1. The lowest BCUT2D eigenvalue weighted by Gasteiger charge is -2.12. The lowest BCUT2D eigenvalue weighted by Crippen LogP contribution is -2.32. The minimum Gasteiger partial charge on any atom is -0.384 e. The van der Waals surface area contributed by atoms with Crippen LogP contribution in [-0.2, 0) is 4.74 Å². The molecule has 0 aliphatic carbocycles. The normalized spacial score (nSPS) is 11.3. The second-order valence-corrected chi connectivity index (χ2v) is 4.02. The van der Waals surface area contributed by atoms with Crippen molar-refractivity contribution in [3.05, 3.63) is 35.4 Å². The van der Waals surface area contributed by atoms with Crippen LogP contribution in [0.3, 0.4) is 0 Å². The summed E-state index contributed by atoms with van der Waals surface area (Å²) in [5.41, 5.74) is 1.26. The summed E-state index contributed by atoms with van der Waals surface area (Å²) in [6.45, 7) is 4.74. The molecule has 0 aliphatic heterocycles. The van der Waals surface area contributed by atoms with Gasteiger partial charge in [0.15, 0.2) is 0 Å². The predicted octanol–water partition coefficient (Wildman–Crippen LogP) is 1.19. The molecule has 0 fully saturated rings. The molecule has 1 aromatic rings. The van der Waals surface area contributed by atoms with E-state index in [2.05, 4.69) is 17.2 Å². The van der Waals surface area contributed by atoms with Crippen LogP contribution in [0.4, 0.5) is 0 Å². The predicted molar refractivity (Wildman–Crippen MR) is 73.8 cm³/mol. The molecule has 0 saturated heterocycles. The minimum atomic E-state index is -0.192. The molecule has 102 valence electrons. The molecule has 0 bridgehead atoms. The van der Waals surface area contributed by atoms with Crippen molar-refractivity contribution in [1.29, 1.82) is 0 Å². The van der Waals surface area contributed by atoms with Gasteiger partial charge < -0.3 is 15.2 Å². The van der Waals surface area contributed by atoms with Crippen molar-refractivity contribution in [2.45, 2.75) is 20.0 Å². The van der Waals surface area contributed by atoms with Gasteiger partial charge in [0.2, 0.25) is 0 Å². The Morgan fingerprint density at radius 1 is 1.53 bits per heavy atom. The van der Waals surface area contributed by atoms with Crippen LogP contribution in [0, 0.1) is 11.8 Å². The number of hydrogen-bond donors (Lipinski definition) is 2. The van der Waals surface area contributed by atoms with Crippen molar-refractivity contribution in [1.82, 2.24) is 5.32 Å². The van der Waals surface area contributed by atoms with Gasteiger partial charge in [0, 0.05) is 24.3 Å². The Morgan fingerprint density at radius 3 is 3.00 bits per heavy atom. The maximum absolute atomic E-state index is 11.9. The summed E-state index contributed by atoms with van der Waals surface area (Å²) in [6.07, 6.45) is -0.00804. The van der Waals surface area contributed by atoms with Crippen LogP contribution in [0.15, 0.2) is 24.3 Å². The van der Waals surface area contributed by atoms with Gasteiger partial charge in [-0.15, -0.1) is 0 Å². The summed E-state index contributed by atoms with van der Waals surface area (Å²) in [5, 5.41) is 11.4. The third-order valence-electron chi connectivity index (χ3n) is 2.44. The molecule has 1 rings (SSSR count). The number of hydrogen-bond acceptors (Lipinski definition) is 3. The maximum Gasteiger partial charge on any atom is 0.251 e. The summed E-state index contributed by atoms with van der Waals surface area (Å²) in [4.78, 5) is 11.9. The number of benzene rings is 1. The summed E-state index contributed by atoms with van der Waals surface area (Å²) in [7, 11) is 0. The first-order valence-electron chi connectivity index (χ1n) is 6.27. The van der Waals surface area contributed by atoms with Gasteiger partial charge in [-0.2, -0.15) is 0 Å². The molecule has 0 radical (unpaired) electrons. The van der Waals surface area contributed by atoms with Crippen LogP contribution in [0.2, 0.25) is 0 Å². The largest absolute Gasteiger partial charge is 0.384 e. The lowest BCUT2D eigenvalue weighted by atomic mass is 10.1. The number of ether oxygens (including phenoxy) is 1. The Morgan fingerprint density at radius 2 is 2.32 bits per heavy atom. The molecular weight excluding hydrogens is 242 g/mol. The van der Waals surface area contributed by atoms with Crippen LogP contribution in [0.5, 0.6) is 0 Å². The Hall–Kier alpha value is -1.83. The molecule has 0 aromatic heterocycles. The van der Waals surface area contributed by atoms with E-state index in [1.807, 2.05) is 13.8 Å². The van der Waals surface area contributed by atoms with Crippen molar-refractivity contribution in [3.63, 3.8) is 0 Å². The average molecular weight is 261 g/mol. The summed E-state index contributed by atoms with van der Waals surface area (Å²) >= 11 is 0. The number of carbonyl (C=O) groups is 1. The maximum atomic E-state index is 11.9. The van der Waals surface area contributed by atoms with Gasteiger partial charge in [0.25, 0.3) is 5.91 Å². The van der Waals surface area contributed by atoms with Crippen molar-refractivity contribution in [3.8, 4) is 11.8 Å². The van der Waals surface area contributed by atoms with E-state index in [4.69, 9.17) is 9.84 Å². The second kappa shape index (κ2) is 8.30. The van der Waals surface area contributed by atoms with E-state index < -0.39 is 0 Å². The Kier molecular flexibility index (Phi) is 6.65. The molecule has 4 nitrogen and oxygen atoms in total. The van der Waals surface area contributed by atoms with Gasteiger partial charge >= 0.3 is 0 Å². The smallest absolute Gasteiger partial charge is 0.251 e. The standard InChI is InChI=1S/C15H19NO3/c1-3-19-12(2)11-16-15(18)14-8-4-6-13(10-14)7-5-9-17/h4,6,8,10,12,17H,3,9,11H2,1-2H3,(H,16,18). The molecule has 1 amide bonds.